The summed E-state index contributed by atoms with van der Waals surface area (Å²) in [4.78, 5) is 0. The van der Waals surface area contributed by atoms with Gasteiger partial charge >= 0.3 is 0 Å². The van der Waals surface area contributed by atoms with E-state index in [2.05, 4.69) is 47.3 Å². The highest BCUT2D eigenvalue weighted by atomic mass is 16.3. The van der Waals surface area contributed by atoms with Crippen molar-refractivity contribution in [2.75, 3.05) is 0 Å². The van der Waals surface area contributed by atoms with E-state index < -0.39 is 0 Å². The van der Waals surface area contributed by atoms with Gasteiger partial charge in [-0.05, 0) is 42.4 Å². The molecule has 0 radical (unpaired) electrons. The lowest BCUT2D eigenvalue weighted by atomic mass is 10.0. The van der Waals surface area contributed by atoms with Gasteiger partial charge in [0.1, 0.15) is 0 Å². The summed E-state index contributed by atoms with van der Waals surface area (Å²) in [6.07, 6.45) is 7.31. The smallest absolute Gasteiger partial charge is 0.0827 e. The predicted octanol–water partition coefficient (Wildman–Crippen LogP) is 4.20. The fourth-order valence-electron chi connectivity index (χ4n) is 2.43. The molecule has 1 aromatic carbocycles. The monoisotopic (exact) mass is 271 g/mol. The highest BCUT2D eigenvalue weighted by Gasteiger charge is 2.12. The summed E-state index contributed by atoms with van der Waals surface area (Å²) < 4.78 is 2.19. The molecule has 108 valence electrons. The molecule has 0 aliphatic heterocycles. The second-order valence-corrected chi connectivity index (χ2v) is 5.81. The maximum Gasteiger partial charge on any atom is 0.0827 e. The van der Waals surface area contributed by atoms with Gasteiger partial charge in [-0.25, -0.2) is 0 Å². The highest BCUT2D eigenvalue weighted by molar-refractivity contribution is 5.15. The molecule has 0 saturated heterocycles. The minimum atomic E-state index is -0.347. The molecule has 0 bridgehead atoms. The van der Waals surface area contributed by atoms with Crippen LogP contribution in [-0.4, -0.2) is 9.67 Å². The standard InChI is InChI=1S/C18H25NO/c1-15(2)18(20)17-11-13-19(14-17)12-7-6-10-16-8-4-3-5-9-16/h3-5,8-9,11,13-15,18,20H,6-7,10,12H2,1-2H3. The van der Waals surface area contributed by atoms with Crippen LogP contribution in [0.4, 0.5) is 0 Å². The van der Waals surface area contributed by atoms with Crippen molar-refractivity contribution in [2.24, 2.45) is 5.92 Å². The predicted molar refractivity (Wildman–Crippen MR) is 83.6 cm³/mol. The number of aliphatic hydroxyl groups is 1. The summed E-state index contributed by atoms with van der Waals surface area (Å²) >= 11 is 0. The molecule has 2 heteroatoms. The van der Waals surface area contributed by atoms with Gasteiger partial charge in [-0.3, -0.25) is 0 Å². The van der Waals surface area contributed by atoms with Crippen LogP contribution in [0.5, 0.6) is 0 Å². The van der Waals surface area contributed by atoms with Crippen LogP contribution in [-0.2, 0) is 13.0 Å². The van der Waals surface area contributed by atoms with E-state index in [1.54, 1.807) is 0 Å². The number of aryl methyl sites for hydroxylation is 2. The Morgan fingerprint density at radius 1 is 1.05 bits per heavy atom. The summed E-state index contributed by atoms with van der Waals surface area (Å²) in [6, 6.07) is 12.7. The molecule has 0 saturated carbocycles. The van der Waals surface area contributed by atoms with Crippen LogP contribution in [0.1, 0.15) is 43.9 Å². The van der Waals surface area contributed by atoms with Gasteiger partial charge in [-0.2, -0.15) is 0 Å². The van der Waals surface area contributed by atoms with Crippen molar-refractivity contribution in [3.63, 3.8) is 0 Å². The SMILES string of the molecule is CC(C)C(O)c1ccn(CCCCc2ccccc2)c1. The summed E-state index contributed by atoms with van der Waals surface area (Å²) in [5, 5.41) is 10.0. The van der Waals surface area contributed by atoms with Crippen LogP contribution in [0.15, 0.2) is 48.8 Å². The maximum absolute atomic E-state index is 10.0. The zero-order valence-electron chi connectivity index (χ0n) is 12.5. The summed E-state index contributed by atoms with van der Waals surface area (Å²) in [7, 11) is 0. The van der Waals surface area contributed by atoms with Gasteiger partial charge in [0.2, 0.25) is 0 Å². The molecule has 1 unspecified atom stereocenters. The van der Waals surface area contributed by atoms with Crippen LogP contribution >= 0.6 is 0 Å². The van der Waals surface area contributed by atoms with Gasteiger partial charge in [0.15, 0.2) is 0 Å². The summed E-state index contributed by atoms with van der Waals surface area (Å²) in [5.41, 5.74) is 2.44. The van der Waals surface area contributed by atoms with Gasteiger partial charge < -0.3 is 9.67 Å². The molecular weight excluding hydrogens is 246 g/mol. The van der Waals surface area contributed by atoms with Gasteiger partial charge in [-0.15, -0.1) is 0 Å². The minimum absolute atomic E-state index is 0.268. The Morgan fingerprint density at radius 3 is 2.50 bits per heavy atom. The third-order valence-electron chi connectivity index (χ3n) is 3.72. The first-order valence-corrected chi connectivity index (χ1v) is 7.54. The molecule has 1 aromatic heterocycles. The minimum Gasteiger partial charge on any atom is -0.388 e. The van der Waals surface area contributed by atoms with Crippen molar-refractivity contribution < 1.29 is 5.11 Å². The average molecular weight is 271 g/mol. The normalized spacial score (nSPS) is 12.8. The number of benzene rings is 1. The molecule has 0 aliphatic carbocycles. The van der Waals surface area contributed by atoms with E-state index in [9.17, 15) is 5.11 Å². The lowest BCUT2D eigenvalue weighted by Crippen LogP contribution is -2.04. The summed E-state index contributed by atoms with van der Waals surface area (Å²) in [5.74, 6) is 0.268. The fraction of sp³-hybridized carbons (Fsp3) is 0.444. The first-order valence-electron chi connectivity index (χ1n) is 7.54. The Hall–Kier alpha value is -1.54. The number of nitrogens with zero attached hydrogens (tertiary/aromatic N) is 1. The van der Waals surface area contributed by atoms with Gasteiger partial charge in [-0.1, -0.05) is 44.2 Å². The van der Waals surface area contributed by atoms with E-state index in [-0.39, 0.29) is 12.0 Å². The Morgan fingerprint density at radius 2 is 1.80 bits per heavy atom. The summed E-state index contributed by atoms with van der Waals surface area (Å²) in [6.45, 7) is 5.11. The molecule has 1 heterocycles. The number of unbranched alkanes of at least 4 members (excludes halogenated alkanes) is 1. The van der Waals surface area contributed by atoms with Crippen LogP contribution < -0.4 is 0 Å². The second kappa shape index (κ2) is 7.30. The zero-order valence-corrected chi connectivity index (χ0v) is 12.5. The fourth-order valence-corrected chi connectivity index (χ4v) is 2.43. The molecule has 0 spiro atoms. The van der Waals surface area contributed by atoms with Gasteiger partial charge in [0, 0.05) is 18.9 Å². The van der Waals surface area contributed by atoms with E-state index in [0.29, 0.717) is 0 Å². The topological polar surface area (TPSA) is 25.2 Å². The quantitative estimate of drug-likeness (QED) is 0.750. The van der Waals surface area contributed by atoms with E-state index in [4.69, 9.17) is 0 Å². The first kappa shape index (κ1) is 14.9. The molecule has 0 fully saturated rings. The number of hydrogen-bond donors (Lipinski definition) is 1. The van der Waals surface area contributed by atoms with Crippen molar-refractivity contribution in [1.29, 1.82) is 0 Å². The molecule has 2 nitrogen and oxygen atoms in total. The lowest BCUT2D eigenvalue weighted by Gasteiger charge is -2.12. The van der Waals surface area contributed by atoms with Crippen molar-refractivity contribution in [3.05, 3.63) is 59.9 Å². The largest absolute Gasteiger partial charge is 0.388 e. The van der Waals surface area contributed by atoms with Crippen molar-refractivity contribution >= 4 is 0 Å². The second-order valence-electron chi connectivity index (χ2n) is 5.81. The Bertz CT molecular complexity index is 501. The third kappa shape index (κ3) is 4.24. The molecular formula is C18H25NO. The zero-order chi connectivity index (χ0) is 14.4. The van der Waals surface area contributed by atoms with Crippen molar-refractivity contribution in [3.8, 4) is 0 Å². The third-order valence-corrected chi connectivity index (χ3v) is 3.72. The van der Waals surface area contributed by atoms with E-state index in [1.165, 1.54) is 18.4 Å². The molecule has 2 aromatic rings. The molecule has 1 atom stereocenters. The van der Waals surface area contributed by atoms with Crippen LogP contribution in [0, 0.1) is 5.92 Å². The van der Waals surface area contributed by atoms with Crippen LogP contribution in [0.25, 0.3) is 0 Å². The van der Waals surface area contributed by atoms with Gasteiger partial charge in [0.25, 0.3) is 0 Å². The first-order chi connectivity index (χ1) is 9.66. The number of aromatic nitrogens is 1. The highest BCUT2D eigenvalue weighted by Crippen LogP contribution is 2.21. The van der Waals surface area contributed by atoms with E-state index in [0.717, 1.165) is 18.5 Å². The van der Waals surface area contributed by atoms with Crippen LogP contribution in [0.3, 0.4) is 0 Å². The number of rotatable bonds is 7. The lowest BCUT2D eigenvalue weighted by molar-refractivity contribution is 0.127. The Labute approximate surface area is 122 Å². The Balaban J connectivity index is 1.75. The van der Waals surface area contributed by atoms with Gasteiger partial charge in [0.05, 0.1) is 6.10 Å². The number of hydrogen-bond acceptors (Lipinski definition) is 1. The molecule has 2 rings (SSSR count). The average Bonchev–Trinajstić information content (AvgIpc) is 2.92. The molecule has 1 N–H and O–H groups in total. The van der Waals surface area contributed by atoms with E-state index in [1.807, 2.05) is 19.9 Å². The molecule has 0 amide bonds. The number of aliphatic hydroxyl groups excluding tert-OH is 1. The van der Waals surface area contributed by atoms with Crippen molar-refractivity contribution in [2.45, 2.75) is 45.8 Å². The van der Waals surface area contributed by atoms with Crippen molar-refractivity contribution in [1.82, 2.24) is 4.57 Å². The molecule has 0 aliphatic rings. The van der Waals surface area contributed by atoms with E-state index >= 15 is 0 Å². The maximum atomic E-state index is 10.0. The molecule has 20 heavy (non-hydrogen) atoms. The van der Waals surface area contributed by atoms with Crippen LogP contribution in [0.2, 0.25) is 0 Å². The Kier molecular flexibility index (Phi) is 5.42.